The predicted molar refractivity (Wildman–Crippen MR) is 86.5 cm³/mol. The van der Waals surface area contributed by atoms with Crippen LogP contribution in [0.1, 0.15) is 27.9 Å². The first-order valence-corrected chi connectivity index (χ1v) is 7.27. The van der Waals surface area contributed by atoms with E-state index in [0.717, 1.165) is 15.6 Å². The highest BCUT2D eigenvalue weighted by Gasteiger charge is 2.03. The lowest BCUT2D eigenvalue weighted by Gasteiger charge is -1.99. The number of nitrogens with zero attached hydrogens (tertiary/aromatic N) is 1. The molecule has 0 fully saturated rings. The zero-order chi connectivity index (χ0) is 14.4. The molecule has 0 N–H and O–H groups in total. The number of ketones is 1. The minimum atomic E-state index is 0.0881. The molecule has 0 saturated heterocycles. The highest BCUT2D eigenvalue weighted by Crippen LogP contribution is 2.11. The lowest BCUT2D eigenvalue weighted by Crippen LogP contribution is -1.99. The Hall–Kier alpha value is -1.74. The van der Waals surface area contributed by atoms with Crippen LogP contribution in [0.25, 0.3) is 0 Å². The van der Waals surface area contributed by atoms with Gasteiger partial charge in [0.15, 0.2) is 5.78 Å². The molecule has 2 aromatic rings. The molecule has 2 aromatic carbocycles. The first-order chi connectivity index (χ1) is 9.65. The molecule has 0 amide bonds. The van der Waals surface area contributed by atoms with E-state index in [-0.39, 0.29) is 5.78 Å². The zero-order valence-corrected chi connectivity index (χ0v) is 12.9. The maximum atomic E-state index is 11.9. The second kappa shape index (κ2) is 7.15. The van der Waals surface area contributed by atoms with E-state index in [1.54, 1.807) is 6.21 Å². The third kappa shape index (κ3) is 4.42. The number of benzene rings is 2. The fourth-order valence-electron chi connectivity index (χ4n) is 1.76. The van der Waals surface area contributed by atoms with Gasteiger partial charge < -0.3 is 0 Å². The van der Waals surface area contributed by atoms with Crippen molar-refractivity contribution in [1.29, 1.82) is 0 Å². The molecule has 0 radical (unpaired) electrons. The van der Waals surface area contributed by atoms with Crippen molar-refractivity contribution in [3.05, 3.63) is 69.7 Å². The maximum absolute atomic E-state index is 11.9. The summed E-state index contributed by atoms with van der Waals surface area (Å²) in [7, 11) is 0. The minimum absolute atomic E-state index is 0.0881. The summed E-state index contributed by atoms with van der Waals surface area (Å²) in [4.78, 5) is 16.2. The van der Waals surface area contributed by atoms with Gasteiger partial charge in [-0.3, -0.25) is 9.79 Å². The second-order valence-corrected chi connectivity index (χ2v) is 5.56. The number of aliphatic imine (C=N–C) groups is 1. The molecule has 2 rings (SSSR count). The number of halogens is 1. The molecule has 0 saturated carbocycles. The van der Waals surface area contributed by atoms with Gasteiger partial charge in [0.2, 0.25) is 0 Å². The topological polar surface area (TPSA) is 29.4 Å². The molecule has 3 heteroatoms. The van der Waals surface area contributed by atoms with Crippen LogP contribution in [0.5, 0.6) is 0 Å². The van der Waals surface area contributed by atoms with Crippen molar-refractivity contribution in [2.24, 2.45) is 4.99 Å². The largest absolute Gasteiger partial charge is 0.294 e. The Labute approximate surface area is 127 Å². The predicted octanol–water partition coefficient (Wildman–Crippen LogP) is 4.60. The van der Waals surface area contributed by atoms with E-state index < -0.39 is 0 Å². The molecule has 0 heterocycles. The molecule has 0 atom stereocenters. The molecule has 0 unspecified atom stereocenters. The number of carbonyl (C=O) groups is 1. The summed E-state index contributed by atoms with van der Waals surface area (Å²) in [5, 5.41) is 0. The number of hydrogen-bond acceptors (Lipinski definition) is 2. The maximum Gasteiger partial charge on any atom is 0.168 e. The highest BCUT2D eigenvalue weighted by atomic mass is 79.9. The normalized spacial score (nSPS) is 10.9. The van der Waals surface area contributed by atoms with E-state index in [0.29, 0.717) is 13.0 Å². The summed E-state index contributed by atoms with van der Waals surface area (Å²) in [6.07, 6.45) is 2.04. The first-order valence-electron chi connectivity index (χ1n) is 6.48. The Kier molecular flexibility index (Phi) is 5.24. The molecular formula is C17H16BrNO. The van der Waals surface area contributed by atoms with E-state index in [4.69, 9.17) is 0 Å². The molecule has 20 heavy (non-hydrogen) atoms. The van der Waals surface area contributed by atoms with Crippen LogP contribution in [0.15, 0.2) is 58.0 Å². The average Bonchev–Trinajstić information content (AvgIpc) is 2.46. The number of rotatable bonds is 5. The van der Waals surface area contributed by atoms with E-state index in [9.17, 15) is 4.79 Å². The number of aryl methyl sites for hydroxylation is 1. The lowest BCUT2D eigenvalue weighted by molar-refractivity contribution is 0.100. The van der Waals surface area contributed by atoms with Crippen LogP contribution in [0.3, 0.4) is 0 Å². The van der Waals surface area contributed by atoms with Crippen LogP contribution in [0.4, 0.5) is 0 Å². The Morgan fingerprint density at radius 1 is 1.10 bits per heavy atom. The Morgan fingerprint density at radius 3 is 2.40 bits per heavy atom. The molecule has 0 aliphatic rings. The lowest BCUT2D eigenvalue weighted by atomic mass is 10.1. The monoisotopic (exact) mass is 329 g/mol. The van der Waals surface area contributed by atoms with Gasteiger partial charge in [-0.05, 0) is 24.6 Å². The molecule has 2 nitrogen and oxygen atoms in total. The van der Waals surface area contributed by atoms with Crippen molar-refractivity contribution >= 4 is 27.9 Å². The Morgan fingerprint density at radius 2 is 1.75 bits per heavy atom. The second-order valence-electron chi connectivity index (χ2n) is 4.64. The summed E-state index contributed by atoms with van der Waals surface area (Å²) in [6.45, 7) is 2.68. The van der Waals surface area contributed by atoms with Gasteiger partial charge in [-0.1, -0.05) is 57.9 Å². The number of hydrogen-bond donors (Lipinski definition) is 0. The quantitative estimate of drug-likeness (QED) is 0.582. The van der Waals surface area contributed by atoms with Crippen LogP contribution in [0.2, 0.25) is 0 Å². The SMILES string of the molecule is Cc1ccc(CN=CCC(=O)c2ccc(Br)cc2)cc1. The van der Waals surface area contributed by atoms with Crippen LogP contribution >= 0.6 is 15.9 Å². The van der Waals surface area contributed by atoms with E-state index in [1.807, 2.05) is 24.3 Å². The molecule has 0 aromatic heterocycles. The van der Waals surface area contributed by atoms with Crippen molar-refractivity contribution < 1.29 is 4.79 Å². The van der Waals surface area contributed by atoms with Gasteiger partial charge in [-0.2, -0.15) is 0 Å². The van der Waals surface area contributed by atoms with Crippen LogP contribution < -0.4 is 0 Å². The van der Waals surface area contributed by atoms with E-state index in [2.05, 4.69) is 52.1 Å². The number of carbonyl (C=O) groups excluding carboxylic acids is 1. The zero-order valence-electron chi connectivity index (χ0n) is 11.3. The molecule has 0 aliphatic heterocycles. The summed E-state index contributed by atoms with van der Waals surface area (Å²) in [5.74, 6) is 0.0881. The van der Waals surface area contributed by atoms with Crippen LogP contribution in [-0.2, 0) is 6.54 Å². The molecule has 0 spiro atoms. The molecule has 102 valence electrons. The third-order valence-electron chi connectivity index (χ3n) is 2.97. The van der Waals surface area contributed by atoms with Gasteiger partial charge in [0.25, 0.3) is 0 Å². The van der Waals surface area contributed by atoms with Crippen molar-refractivity contribution in [3.8, 4) is 0 Å². The fourth-order valence-corrected chi connectivity index (χ4v) is 2.03. The average molecular weight is 330 g/mol. The third-order valence-corrected chi connectivity index (χ3v) is 3.50. The van der Waals surface area contributed by atoms with Crippen molar-refractivity contribution in [2.75, 3.05) is 0 Å². The van der Waals surface area contributed by atoms with Gasteiger partial charge >= 0.3 is 0 Å². The highest BCUT2D eigenvalue weighted by molar-refractivity contribution is 9.10. The van der Waals surface area contributed by atoms with Crippen molar-refractivity contribution in [3.63, 3.8) is 0 Å². The standard InChI is InChI=1S/C17H16BrNO/c1-13-2-4-14(5-3-13)12-19-11-10-17(20)15-6-8-16(18)9-7-15/h2-9,11H,10,12H2,1H3. The first kappa shape index (κ1) is 14.7. The molecule has 0 bridgehead atoms. The Balaban J connectivity index is 1.85. The Bertz CT molecular complexity index is 600. The van der Waals surface area contributed by atoms with Crippen LogP contribution in [-0.4, -0.2) is 12.0 Å². The van der Waals surface area contributed by atoms with E-state index >= 15 is 0 Å². The smallest absolute Gasteiger partial charge is 0.168 e. The van der Waals surface area contributed by atoms with E-state index in [1.165, 1.54) is 5.56 Å². The summed E-state index contributed by atoms with van der Waals surface area (Å²) >= 11 is 3.35. The van der Waals surface area contributed by atoms with Gasteiger partial charge in [0.05, 0.1) is 6.54 Å². The van der Waals surface area contributed by atoms with Crippen LogP contribution in [0, 0.1) is 6.92 Å². The van der Waals surface area contributed by atoms with Gasteiger partial charge in [0.1, 0.15) is 0 Å². The fraction of sp³-hybridized carbons (Fsp3) is 0.176. The van der Waals surface area contributed by atoms with Crippen molar-refractivity contribution in [1.82, 2.24) is 0 Å². The van der Waals surface area contributed by atoms with Gasteiger partial charge in [-0.25, -0.2) is 0 Å². The van der Waals surface area contributed by atoms with Crippen molar-refractivity contribution in [2.45, 2.75) is 19.9 Å². The summed E-state index contributed by atoms with van der Waals surface area (Å²) < 4.78 is 0.974. The minimum Gasteiger partial charge on any atom is -0.294 e. The molecular weight excluding hydrogens is 314 g/mol. The van der Waals surface area contributed by atoms with Gasteiger partial charge in [-0.15, -0.1) is 0 Å². The molecule has 0 aliphatic carbocycles. The van der Waals surface area contributed by atoms with Gasteiger partial charge in [0, 0.05) is 22.7 Å². The summed E-state index contributed by atoms with van der Waals surface area (Å²) in [6, 6.07) is 15.6. The number of Topliss-reactive ketones (excluding diaryl/α,β-unsaturated/α-hetero) is 1. The summed E-state index contributed by atoms with van der Waals surface area (Å²) in [5.41, 5.74) is 3.11.